The molecule has 0 aromatic heterocycles. The van der Waals surface area contributed by atoms with Crippen LogP contribution in [0.15, 0.2) is 0 Å². The maximum atomic E-state index is 13.6. The zero-order valence-corrected chi connectivity index (χ0v) is 12.7. The van der Waals surface area contributed by atoms with Crippen LogP contribution in [-0.2, 0) is 4.74 Å². The van der Waals surface area contributed by atoms with Gasteiger partial charge >= 0.3 is 0 Å². The molecule has 0 heterocycles. The molecule has 18 heavy (non-hydrogen) atoms. The first-order chi connectivity index (χ1) is 8.11. The number of hydrogen-bond acceptors (Lipinski definition) is 2. The average molecular weight is 265 g/mol. The largest absolute Gasteiger partial charge is 0.378 e. The van der Waals surface area contributed by atoms with E-state index in [9.17, 15) is 8.78 Å². The molecule has 2 nitrogen and oxygen atoms in total. The third-order valence-corrected chi connectivity index (χ3v) is 2.37. The normalized spacial score (nSPS) is 16.3. The molecule has 0 aliphatic carbocycles. The molecular weight excluding hydrogens is 236 g/mol. The zero-order valence-electron chi connectivity index (χ0n) is 12.7. The Morgan fingerprint density at radius 2 is 1.61 bits per heavy atom. The van der Waals surface area contributed by atoms with Crippen molar-refractivity contribution in [2.45, 2.75) is 47.0 Å². The highest BCUT2D eigenvalue weighted by Crippen LogP contribution is 2.14. The fourth-order valence-electron chi connectivity index (χ4n) is 1.69. The standard InChI is InChI=1S/C14H29F2NO/c1-11(2)7-17(6)8-12(15)13(16)9-18-10-14(3,4)5/h11-13H,7-10H2,1-6H3. The van der Waals surface area contributed by atoms with Crippen molar-refractivity contribution in [3.8, 4) is 0 Å². The van der Waals surface area contributed by atoms with Crippen LogP contribution in [0.5, 0.6) is 0 Å². The molecule has 0 saturated heterocycles. The van der Waals surface area contributed by atoms with Gasteiger partial charge in [0.25, 0.3) is 0 Å². The van der Waals surface area contributed by atoms with Gasteiger partial charge in [0.15, 0.2) is 6.17 Å². The van der Waals surface area contributed by atoms with Gasteiger partial charge in [0.2, 0.25) is 0 Å². The van der Waals surface area contributed by atoms with Gasteiger partial charge in [0, 0.05) is 13.1 Å². The van der Waals surface area contributed by atoms with Crippen molar-refractivity contribution in [1.82, 2.24) is 4.90 Å². The van der Waals surface area contributed by atoms with E-state index in [0.717, 1.165) is 6.54 Å². The summed E-state index contributed by atoms with van der Waals surface area (Å²) in [7, 11) is 1.81. The van der Waals surface area contributed by atoms with Crippen molar-refractivity contribution >= 4 is 0 Å². The van der Waals surface area contributed by atoms with Gasteiger partial charge in [-0.3, -0.25) is 0 Å². The first-order valence-corrected chi connectivity index (χ1v) is 6.66. The second-order valence-corrected chi connectivity index (χ2v) is 6.72. The van der Waals surface area contributed by atoms with Crippen molar-refractivity contribution in [3.05, 3.63) is 0 Å². The van der Waals surface area contributed by atoms with Crippen molar-refractivity contribution in [2.24, 2.45) is 11.3 Å². The molecule has 110 valence electrons. The quantitative estimate of drug-likeness (QED) is 0.667. The summed E-state index contributed by atoms with van der Waals surface area (Å²) >= 11 is 0. The first kappa shape index (κ1) is 17.8. The zero-order chi connectivity index (χ0) is 14.3. The average Bonchev–Trinajstić information content (AvgIpc) is 2.13. The van der Waals surface area contributed by atoms with Crippen LogP contribution in [0, 0.1) is 11.3 Å². The third-order valence-electron chi connectivity index (χ3n) is 2.37. The Labute approximate surface area is 111 Å². The Kier molecular flexibility index (Phi) is 7.95. The first-order valence-electron chi connectivity index (χ1n) is 6.66. The lowest BCUT2D eigenvalue weighted by Crippen LogP contribution is -2.36. The summed E-state index contributed by atoms with van der Waals surface area (Å²) in [5.74, 6) is 0.456. The van der Waals surface area contributed by atoms with Crippen LogP contribution < -0.4 is 0 Å². The van der Waals surface area contributed by atoms with Gasteiger partial charge in [0.1, 0.15) is 6.17 Å². The van der Waals surface area contributed by atoms with Gasteiger partial charge < -0.3 is 9.64 Å². The van der Waals surface area contributed by atoms with E-state index in [4.69, 9.17) is 4.74 Å². The minimum Gasteiger partial charge on any atom is -0.378 e. The third kappa shape index (κ3) is 9.77. The van der Waals surface area contributed by atoms with Crippen LogP contribution in [0.4, 0.5) is 8.78 Å². The molecule has 0 spiro atoms. The molecule has 0 radical (unpaired) electrons. The van der Waals surface area contributed by atoms with E-state index < -0.39 is 12.3 Å². The van der Waals surface area contributed by atoms with E-state index in [2.05, 4.69) is 13.8 Å². The summed E-state index contributed by atoms with van der Waals surface area (Å²) in [5.41, 5.74) is -0.0139. The monoisotopic (exact) mass is 265 g/mol. The molecule has 0 fully saturated rings. The van der Waals surface area contributed by atoms with Crippen molar-refractivity contribution in [1.29, 1.82) is 0 Å². The molecule has 0 amide bonds. The van der Waals surface area contributed by atoms with E-state index >= 15 is 0 Å². The van der Waals surface area contributed by atoms with Crippen LogP contribution in [0.1, 0.15) is 34.6 Å². The number of rotatable bonds is 8. The van der Waals surface area contributed by atoms with Crippen LogP contribution in [0.25, 0.3) is 0 Å². The predicted molar refractivity (Wildman–Crippen MR) is 72.4 cm³/mol. The lowest BCUT2D eigenvalue weighted by Gasteiger charge is -2.24. The minimum atomic E-state index is -1.54. The Morgan fingerprint density at radius 3 is 2.06 bits per heavy atom. The topological polar surface area (TPSA) is 12.5 Å². The van der Waals surface area contributed by atoms with E-state index in [1.807, 2.05) is 32.7 Å². The maximum Gasteiger partial charge on any atom is 0.156 e. The number of halogens is 2. The molecule has 0 N–H and O–H groups in total. The summed E-state index contributed by atoms with van der Waals surface area (Å²) < 4.78 is 32.4. The predicted octanol–water partition coefficient (Wildman–Crippen LogP) is 3.31. The van der Waals surface area contributed by atoms with E-state index in [-0.39, 0.29) is 18.6 Å². The Hall–Kier alpha value is -0.220. The van der Waals surface area contributed by atoms with Gasteiger partial charge in [-0.1, -0.05) is 34.6 Å². The van der Waals surface area contributed by atoms with Gasteiger partial charge in [-0.25, -0.2) is 8.78 Å². The number of alkyl halides is 2. The maximum absolute atomic E-state index is 13.6. The lowest BCUT2D eigenvalue weighted by molar-refractivity contribution is 0.00463. The Morgan fingerprint density at radius 1 is 1.06 bits per heavy atom. The van der Waals surface area contributed by atoms with E-state index in [0.29, 0.717) is 12.5 Å². The molecule has 4 heteroatoms. The van der Waals surface area contributed by atoms with Gasteiger partial charge in [0.05, 0.1) is 13.2 Å². The minimum absolute atomic E-state index is 0.0139. The summed E-state index contributed by atoms with van der Waals surface area (Å²) in [6.07, 6.45) is -3.02. The Bertz CT molecular complexity index is 216. The molecule has 0 aromatic carbocycles. The molecule has 0 aromatic rings. The number of nitrogens with zero attached hydrogens (tertiary/aromatic N) is 1. The fraction of sp³-hybridized carbons (Fsp3) is 1.00. The summed E-state index contributed by atoms with van der Waals surface area (Å²) in [5, 5.41) is 0. The SMILES string of the molecule is CC(C)CN(C)CC(F)C(F)COCC(C)(C)C. The number of hydrogen-bond donors (Lipinski definition) is 0. The van der Waals surface area contributed by atoms with Crippen LogP contribution in [0.3, 0.4) is 0 Å². The second-order valence-electron chi connectivity index (χ2n) is 6.72. The highest BCUT2D eigenvalue weighted by atomic mass is 19.2. The molecule has 0 bridgehead atoms. The van der Waals surface area contributed by atoms with Crippen LogP contribution in [-0.4, -0.2) is 50.6 Å². The van der Waals surface area contributed by atoms with Crippen molar-refractivity contribution < 1.29 is 13.5 Å². The molecular formula is C14H29F2NO. The summed E-state index contributed by atoms with van der Waals surface area (Å²) in [4.78, 5) is 1.83. The molecule has 0 aliphatic heterocycles. The number of ether oxygens (including phenoxy) is 1. The van der Waals surface area contributed by atoms with Gasteiger partial charge in [-0.15, -0.1) is 0 Å². The van der Waals surface area contributed by atoms with E-state index in [1.54, 1.807) is 0 Å². The molecule has 0 rings (SSSR count). The van der Waals surface area contributed by atoms with E-state index in [1.165, 1.54) is 0 Å². The smallest absolute Gasteiger partial charge is 0.156 e. The Balaban J connectivity index is 3.85. The van der Waals surface area contributed by atoms with Crippen molar-refractivity contribution in [3.63, 3.8) is 0 Å². The van der Waals surface area contributed by atoms with Gasteiger partial charge in [-0.2, -0.15) is 0 Å². The summed E-state index contributed by atoms with van der Waals surface area (Å²) in [6.45, 7) is 11.3. The van der Waals surface area contributed by atoms with Crippen LogP contribution >= 0.6 is 0 Å². The molecule has 2 atom stereocenters. The fourth-order valence-corrected chi connectivity index (χ4v) is 1.69. The van der Waals surface area contributed by atoms with Crippen LogP contribution in [0.2, 0.25) is 0 Å². The van der Waals surface area contributed by atoms with Crippen molar-refractivity contribution in [2.75, 3.05) is 33.4 Å². The molecule has 0 aliphatic rings. The highest BCUT2D eigenvalue weighted by molar-refractivity contribution is 4.72. The lowest BCUT2D eigenvalue weighted by atomic mass is 9.99. The molecule has 0 saturated carbocycles. The second kappa shape index (κ2) is 8.05. The highest BCUT2D eigenvalue weighted by Gasteiger charge is 2.23. The molecule has 2 unspecified atom stereocenters. The van der Waals surface area contributed by atoms with Gasteiger partial charge in [-0.05, 0) is 18.4 Å². The summed E-state index contributed by atoms with van der Waals surface area (Å²) in [6, 6.07) is 0.